The summed E-state index contributed by atoms with van der Waals surface area (Å²) in [6, 6.07) is 10.6. The monoisotopic (exact) mass is 433 g/mol. The molecule has 2 heterocycles. The largest absolute Gasteiger partial charge is 0.438 e. The SMILES string of the molecule is NS(=O)(=O)c1ccc(C(=O)NC2CC3(C2)CC(c2cc4cc(Cl)ccc4[nH]2)C3)o1. The van der Waals surface area contributed by atoms with Crippen LogP contribution in [-0.2, 0) is 10.0 Å². The van der Waals surface area contributed by atoms with Gasteiger partial charge in [-0.25, -0.2) is 13.6 Å². The van der Waals surface area contributed by atoms with Crippen LogP contribution in [0.4, 0.5) is 0 Å². The second-order valence-corrected chi connectivity index (χ2v) is 10.2. The Hall–Kier alpha value is -2.29. The first-order valence-electron chi connectivity index (χ1n) is 9.43. The lowest BCUT2D eigenvalue weighted by Gasteiger charge is -2.57. The molecule has 0 aliphatic heterocycles. The molecule has 2 saturated carbocycles. The number of nitrogens with two attached hydrogens (primary N) is 1. The topological polar surface area (TPSA) is 118 Å². The maximum absolute atomic E-state index is 12.3. The van der Waals surface area contributed by atoms with Crippen molar-refractivity contribution in [1.82, 2.24) is 10.3 Å². The third-order valence-electron chi connectivity index (χ3n) is 6.18. The number of benzene rings is 1. The Morgan fingerprint density at radius 1 is 1.17 bits per heavy atom. The molecule has 4 N–H and O–H groups in total. The fourth-order valence-electron chi connectivity index (χ4n) is 4.82. The number of aromatic amines is 1. The molecule has 1 amide bonds. The fraction of sp³-hybridized carbons (Fsp3) is 0.350. The zero-order valence-corrected chi connectivity index (χ0v) is 17.0. The molecule has 7 nitrogen and oxygen atoms in total. The molecule has 2 aliphatic carbocycles. The molecule has 0 saturated heterocycles. The van der Waals surface area contributed by atoms with E-state index in [4.69, 9.17) is 21.2 Å². The number of nitrogens with one attached hydrogen (secondary N) is 2. The van der Waals surface area contributed by atoms with Crippen LogP contribution in [0.2, 0.25) is 5.02 Å². The lowest BCUT2D eigenvalue weighted by atomic mass is 9.49. The maximum atomic E-state index is 12.3. The first-order valence-corrected chi connectivity index (χ1v) is 11.3. The summed E-state index contributed by atoms with van der Waals surface area (Å²) in [5.74, 6) is 0.0431. The molecule has 0 radical (unpaired) electrons. The van der Waals surface area contributed by atoms with Crippen LogP contribution >= 0.6 is 11.6 Å². The molecule has 2 fully saturated rings. The van der Waals surface area contributed by atoms with E-state index in [0.717, 1.165) is 41.6 Å². The van der Waals surface area contributed by atoms with E-state index in [9.17, 15) is 13.2 Å². The Balaban J connectivity index is 1.16. The Kier molecular flexibility index (Phi) is 4.10. The standard InChI is InChI=1S/C20H20ClN3O4S/c21-13-1-2-15-11(5-13)6-16(24-15)12-7-20(8-12)9-14(10-20)23-19(25)17-3-4-18(28-17)29(22,26)27/h1-6,12,14,24H,7-10H2,(H,23,25)(H2,22,26,27). The van der Waals surface area contributed by atoms with Gasteiger partial charge in [0.1, 0.15) is 0 Å². The molecule has 0 atom stereocenters. The number of sulfonamides is 1. The number of halogens is 1. The van der Waals surface area contributed by atoms with Crippen LogP contribution in [-0.4, -0.2) is 25.4 Å². The summed E-state index contributed by atoms with van der Waals surface area (Å²) in [4.78, 5) is 15.8. The van der Waals surface area contributed by atoms with E-state index in [0.29, 0.717) is 5.92 Å². The van der Waals surface area contributed by atoms with E-state index in [2.05, 4.69) is 16.4 Å². The molecule has 2 aliphatic rings. The van der Waals surface area contributed by atoms with E-state index in [1.165, 1.54) is 17.8 Å². The van der Waals surface area contributed by atoms with Gasteiger partial charge >= 0.3 is 0 Å². The quantitative estimate of drug-likeness (QED) is 0.583. The first kappa shape index (κ1) is 18.7. The van der Waals surface area contributed by atoms with Gasteiger partial charge in [0.25, 0.3) is 15.9 Å². The number of H-pyrrole nitrogens is 1. The summed E-state index contributed by atoms with van der Waals surface area (Å²) in [5, 5.41) is 9.37. The summed E-state index contributed by atoms with van der Waals surface area (Å²) in [6.45, 7) is 0. The molecule has 29 heavy (non-hydrogen) atoms. The van der Waals surface area contributed by atoms with Crippen LogP contribution in [0.3, 0.4) is 0 Å². The number of carbonyl (C=O) groups excluding carboxylic acids is 1. The van der Waals surface area contributed by atoms with Gasteiger partial charge in [-0.15, -0.1) is 0 Å². The zero-order chi connectivity index (χ0) is 20.4. The second kappa shape index (κ2) is 6.35. The summed E-state index contributed by atoms with van der Waals surface area (Å²) in [5.41, 5.74) is 2.62. The van der Waals surface area contributed by atoms with Crippen molar-refractivity contribution in [2.24, 2.45) is 10.6 Å². The van der Waals surface area contributed by atoms with Gasteiger partial charge in [0, 0.05) is 33.6 Å². The zero-order valence-electron chi connectivity index (χ0n) is 15.4. The Bertz CT molecular complexity index is 1220. The summed E-state index contributed by atoms with van der Waals surface area (Å²) in [7, 11) is -3.95. The maximum Gasteiger partial charge on any atom is 0.287 e. The summed E-state index contributed by atoms with van der Waals surface area (Å²) < 4.78 is 27.6. The lowest BCUT2D eigenvalue weighted by Crippen LogP contribution is -2.55. The van der Waals surface area contributed by atoms with Gasteiger partial charge in [-0.3, -0.25) is 4.79 Å². The molecule has 1 aromatic carbocycles. The minimum Gasteiger partial charge on any atom is -0.438 e. The van der Waals surface area contributed by atoms with E-state index < -0.39 is 21.0 Å². The van der Waals surface area contributed by atoms with Crippen molar-refractivity contribution in [3.05, 3.63) is 52.9 Å². The predicted octanol–water partition coefficient (Wildman–Crippen LogP) is 3.52. The summed E-state index contributed by atoms with van der Waals surface area (Å²) in [6.07, 6.45) is 4.03. The van der Waals surface area contributed by atoms with Crippen molar-refractivity contribution in [2.45, 2.75) is 42.7 Å². The molecule has 0 bridgehead atoms. The molecular formula is C20H20ClN3O4S. The van der Waals surface area contributed by atoms with Crippen LogP contribution in [0, 0.1) is 5.41 Å². The van der Waals surface area contributed by atoms with Crippen molar-refractivity contribution in [1.29, 1.82) is 0 Å². The molecule has 0 unspecified atom stereocenters. The Morgan fingerprint density at radius 3 is 2.62 bits per heavy atom. The molecule has 3 aromatic rings. The smallest absolute Gasteiger partial charge is 0.287 e. The minimum absolute atomic E-state index is 0.0433. The van der Waals surface area contributed by atoms with E-state index >= 15 is 0 Å². The van der Waals surface area contributed by atoms with Gasteiger partial charge in [-0.05, 0) is 67.5 Å². The number of hydrogen-bond donors (Lipinski definition) is 3. The molecule has 5 rings (SSSR count). The van der Waals surface area contributed by atoms with Crippen LogP contribution in [0.1, 0.15) is 47.8 Å². The van der Waals surface area contributed by atoms with Crippen LogP contribution in [0.25, 0.3) is 10.9 Å². The molecule has 152 valence electrons. The highest BCUT2D eigenvalue weighted by Crippen LogP contribution is 2.61. The third kappa shape index (κ3) is 3.35. The fourth-order valence-corrected chi connectivity index (χ4v) is 5.47. The van der Waals surface area contributed by atoms with E-state index in [-0.39, 0.29) is 17.2 Å². The Morgan fingerprint density at radius 2 is 1.93 bits per heavy atom. The average Bonchev–Trinajstić information content (AvgIpc) is 3.21. The van der Waals surface area contributed by atoms with Gasteiger partial charge in [0.2, 0.25) is 5.09 Å². The van der Waals surface area contributed by atoms with Gasteiger partial charge in [-0.2, -0.15) is 0 Å². The summed E-state index contributed by atoms with van der Waals surface area (Å²) >= 11 is 6.07. The number of fused-ring (bicyclic) bond motifs is 1. The number of amides is 1. The highest BCUT2D eigenvalue weighted by Gasteiger charge is 2.53. The van der Waals surface area contributed by atoms with Crippen LogP contribution in [0.15, 0.2) is 45.9 Å². The highest BCUT2D eigenvalue weighted by atomic mass is 35.5. The second-order valence-electron chi connectivity index (χ2n) is 8.30. The van der Waals surface area contributed by atoms with E-state index in [1.54, 1.807) is 0 Å². The number of rotatable bonds is 4. The van der Waals surface area contributed by atoms with Crippen molar-refractivity contribution >= 4 is 38.4 Å². The van der Waals surface area contributed by atoms with Crippen molar-refractivity contribution < 1.29 is 17.6 Å². The molecular weight excluding hydrogens is 414 g/mol. The first-order chi connectivity index (χ1) is 13.7. The van der Waals surface area contributed by atoms with Crippen molar-refractivity contribution in [3.63, 3.8) is 0 Å². The highest BCUT2D eigenvalue weighted by molar-refractivity contribution is 7.89. The van der Waals surface area contributed by atoms with E-state index in [1.807, 2.05) is 18.2 Å². The average molecular weight is 434 g/mol. The number of aromatic nitrogens is 1. The van der Waals surface area contributed by atoms with Crippen molar-refractivity contribution in [2.75, 3.05) is 0 Å². The lowest BCUT2D eigenvalue weighted by molar-refractivity contribution is -0.0199. The van der Waals surface area contributed by atoms with Gasteiger partial charge in [0.05, 0.1) is 0 Å². The number of hydrogen-bond acceptors (Lipinski definition) is 4. The Labute approximate surface area is 172 Å². The number of carbonyl (C=O) groups is 1. The predicted molar refractivity (Wildman–Crippen MR) is 108 cm³/mol. The molecule has 9 heteroatoms. The molecule has 1 spiro atoms. The minimum atomic E-state index is -3.95. The van der Waals surface area contributed by atoms with Crippen molar-refractivity contribution in [3.8, 4) is 0 Å². The number of primary sulfonamides is 1. The third-order valence-corrected chi connectivity index (χ3v) is 7.20. The molecule has 2 aromatic heterocycles. The van der Waals surface area contributed by atoms with Crippen LogP contribution in [0.5, 0.6) is 0 Å². The van der Waals surface area contributed by atoms with Gasteiger partial charge in [-0.1, -0.05) is 11.6 Å². The van der Waals surface area contributed by atoms with Crippen LogP contribution < -0.4 is 10.5 Å². The number of furan rings is 1. The van der Waals surface area contributed by atoms with Gasteiger partial charge in [0.15, 0.2) is 5.76 Å². The van der Waals surface area contributed by atoms with Gasteiger partial charge < -0.3 is 14.7 Å². The normalized spacial score (nSPS) is 26.3.